The molecule has 2 N–H and O–H groups in total. The summed E-state index contributed by atoms with van der Waals surface area (Å²) < 4.78 is 20.0. The van der Waals surface area contributed by atoms with E-state index in [0.29, 0.717) is 11.7 Å². The summed E-state index contributed by atoms with van der Waals surface area (Å²) in [6.07, 6.45) is 0. The van der Waals surface area contributed by atoms with Crippen LogP contribution in [-0.2, 0) is 25.1 Å². The van der Waals surface area contributed by atoms with Gasteiger partial charge in [-0.1, -0.05) is 0 Å². The molecule has 0 saturated carbocycles. The molecule has 0 aromatic carbocycles. The van der Waals surface area contributed by atoms with Crippen molar-refractivity contribution in [2.75, 3.05) is 20.1 Å². The highest BCUT2D eigenvalue weighted by Crippen LogP contribution is 2.64. The summed E-state index contributed by atoms with van der Waals surface area (Å²) >= 11 is 4.96. The molecule has 0 rings (SSSR count). The molecule has 0 aliphatic heterocycles. The number of hydrogen-bond donors (Lipinski definition) is 2. The van der Waals surface area contributed by atoms with Crippen molar-refractivity contribution in [2.45, 2.75) is 0 Å². The largest absolute Gasteiger partial charge is 0.345 e. The molecule has 2 unspecified atom stereocenters. The molecule has 0 heterocycles. The molecular formula is C3H10O5P2S2. The minimum atomic E-state index is -3.57. The van der Waals surface area contributed by atoms with Gasteiger partial charge in [0.05, 0.1) is 18.8 Å². The van der Waals surface area contributed by atoms with Gasteiger partial charge in [0.15, 0.2) is 6.49 Å². The fraction of sp³-hybridized carbons (Fsp3) is 1.00. The smallest absolute Gasteiger partial charge is 0.290 e. The maximum atomic E-state index is 11.1. The zero-order chi connectivity index (χ0) is 9.83. The Morgan fingerprint density at radius 3 is 2.33 bits per heavy atom. The summed E-state index contributed by atoms with van der Waals surface area (Å²) in [5.41, 5.74) is 0. The van der Waals surface area contributed by atoms with E-state index in [1.54, 1.807) is 0 Å². The first-order chi connectivity index (χ1) is 5.33. The first kappa shape index (κ1) is 13.1. The summed E-state index contributed by atoms with van der Waals surface area (Å²) in [6.45, 7) is -6.67. The number of rotatable bonds is 5. The zero-order valence-corrected chi connectivity index (χ0v) is 9.96. The Morgan fingerprint density at radius 1 is 1.50 bits per heavy atom. The fourth-order valence-corrected chi connectivity index (χ4v) is 7.71. The van der Waals surface area contributed by atoms with Crippen LogP contribution in [0, 0.1) is 0 Å². The van der Waals surface area contributed by atoms with Gasteiger partial charge in [0, 0.05) is 7.11 Å². The maximum absolute atomic E-state index is 11.1. The molecule has 0 aromatic rings. The molecule has 12 heavy (non-hydrogen) atoms. The van der Waals surface area contributed by atoms with Gasteiger partial charge in [-0.3, -0.25) is 4.57 Å². The van der Waals surface area contributed by atoms with E-state index in [1.165, 1.54) is 14.2 Å². The molecule has 0 radical (unpaired) electrons. The third-order valence-electron chi connectivity index (χ3n) is 0.834. The van der Waals surface area contributed by atoms with Crippen molar-refractivity contribution < 1.29 is 23.1 Å². The first-order valence-electron chi connectivity index (χ1n) is 2.75. The van der Waals surface area contributed by atoms with E-state index in [2.05, 4.69) is 20.5 Å². The van der Waals surface area contributed by atoms with Crippen LogP contribution < -0.4 is 0 Å². The van der Waals surface area contributed by atoms with E-state index in [4.69, 9.17) is 4.89 Å². The van der Waals surface area contributed by atoms with Crippen LogP contribution in [0.4, 0.5) is 0 Å². The van der Waals surface area contributed by atoms with E-state index < -0.39 is 19.0 Å². The van der Waals surface area contributed by atoms with E-state index in [9.17, 15) is 9.46 Å². The zero-order valence-electron chi connectivity index (χ0n) is 6.54. The predicted molar refractivity (Wildman–Crippen MR) is 52.8 cm³/mol. The SMILES string of the molecule is COSP(=O)(O)CP(O)(=S)OC. The van der Waals surface area contributed by atoms with Gasteiger partial charge in [-0.15, -0.1) is 0 Å². The predicted octanol–water partition coefficient (Wildman–Crippen LogP) is 1.37. The molecule has 9 heteroatoms. The molecule has 0 bridgehead atoms. The van der Waals surface area contributed by atoms with Crippen LogP contribution in [0.5, 0.6) is 0 Å². The minimum Gasteiger partial charge on any atom is -0.345 e. The second-order valence-corrected chi connectivity index (χ2v) is 10.2. The van der Waals surface area contributed by atoms with Crippen LogP contribution >= 0.6 is 24.7 Å². The molecule has 0 aliphatic carbocycles. The highest BCUT2D eigenvalue weighted by atomic mass is 32.7. The molecule has 0 fully saturated rings. The van der Waals surface area contributed by atoms with Crippen LogP contribution in [0.25, 0.3) is 0 Å². The lowest BCUT2D eigenvalue weighted by Crippen LogP contribution is -1.90. The van der Waals surface area contributed by atoms with Crippen LogP contribution in [0.15, 0.2) is 0 Å². The van der Waals surface area contributed by atoms with E-state index in [1.807, 2.05) is 0 Å². The minimum absolute atomic E-state index is 0.408. The lowest BCUT2D eigenvalue weighted by atomic mass is 11.8. The Kier molecular flexibility index (Phi) is 5.53. The molecule has 0 amide bonds. The summed E-state index contributed by atoms with van der Waals surface area (Å²) in [6, 6.07) is 0. The monoisotopic (exact) mass is 252 g/mol. The van der Waals surface area contributed by atoms with Crippen LogP contribution in [-0.4, -0.2) is 29.9 Å². The maximum Gasteiger partial charge on any atom is 0.290 e. The van der Waals surface area contributed by atoms with Crippen LogP contribution in [0.2, 0.25) is 0 Å². The lowest BCUT2D eigenvalue weighted by Gasteiger charge is -2.15. The normalized spacial score (nSPS) is 21.3. The molecule has 0 saturated heterocycles. The topological polar surface area (TPSA) is 76.0 Å². The summed E-state index contributed by atoms with van der Waals surface area (Å²) in [5.74, 6) is -0.440. The Morgan fingerprint density at radius 2 is 2.00 bits per heavy atom. The first-order valence-corrected chi connectivity index (χ1v) is 8.80. The van der Waals surface area contributed by atoms with Crippen LogP contribution in [0.1, 0.15) is 0 Å². The van der Waals surface area contributed by atoms with Crippen molar-refractivity contribution >= 4 is 36.5 Å². The average Bonchev–Trinajstić information content (AvgIpc) is 1.85. The van der Waals surface area contributed by atoms with E-state index >= 15 is 0 Å². The van der Waals surface area contributed by atoms with E-state index in [0.717, 1.165) is 0 Å². The summed E-state index contributed by atoms with van der Waals surface area (Å²) in [4.78, 5) is 18.3. The van der Waals surface area contributed by atoms with Crippen molar-refractivity contribution in [3.63, 3.8) is 0 Å². The highest BCUT2D eigenvalue weighted by Gasteiger charge is 2.29. The average molecular weight is 252 g/mol. The third-order valence-corrected chi connectivity index (χ3v) is 8.32. The van der Waals surface area contributed by atoms with Crippen molar-refractivity contribution in [1.82, 2.24) is 0 Å². The van der Waals surface area contributed by atoms with Crippen molar-refractivity contribution in [3.05, 3.63) is 0 Å². The highest BCUT2D eigenvalue weighted by molar-refractivity contribution is 8.55. The van der Waals surface area contributed by atoms with Gasteiger partial charge in [-0.2, -0.15) is 0 Å². The van der Waals surface area contributed by atoms with Gasteiger partial charge in [0.1, 0.15) is 5.90 Å². The second-order valence-electron chi connectivity index (χ2n) is 1.84. The summed E-state index contributed by atoms with van der Waals surface area (Å²) in [7, 11) is 2.47. The Labute approximate surface area is 80.0 Å². The molecule has 0 spiro atoms. The van der Waals surface area contributed by atoms with E-state index in [-0.39, 0.29) is 0 Å². The van der Waals surface area contributed by atoms with Gasteiger partial charge in [-0.05, 0) is 11.8 Å². The van der Waals surface area contributed by atoms with Crippen molar-refractivity contribution in [2.24, 2.45) is 0 Å². The second kappa shape index (κ2) is 5.08. The van der Waals surface area contributed by atoms with Gasteiger partial charge < -0.3 is 18.5 Å². The number of hydrogen-bond acceptors (Lipinski definition) is 5. The third kappa shape index (κ3) is 5.67. The van der Waals surface area contributed by atoms with Gasteiger partial charge in [0.2, 0.25) is 0 Å². The van der Waals surface area contributed by atoms with Crippen molar-refractivity contribution in [3.8, 4) is 0 Å². The van der Waals surface area contributed by atoms with Gasteiger partial charge in [0.25, 0.3) is 6.57 Å². The molecule has 74 valence electrons. The molecule has 5 nitrogen and oxygen atoms in total. The Bertz CT molecular complexity index is 231. The quantitative estimate of drug-likeness (QED) is 0.565. The molecule has 0 aliphatic rings. The lowest BCUT2D eigenvalue weighted by molar-refractivity contribution is 0.389. The van der Waals surface area contributed by atoms with Crippen molar-refractivity contribution in [1.29, 1.82) is 0 Å². The summed E-state index contributed by atoms with van der Waals surface area (Å²) in [5, 5.41) is 0. The van der Waals surface area contributed by atoms with Crippen LogP contribution in [0.3, 0.4) is 0 Å². The molecular weight excluding hydrogens is 242 g/mol. The Balaban J connectivity index is 4.24. The van der Waals surface area contributed by atoms with Gasteiger partial charge >= 0.3 is 0 Å². The molecule has 2 atom stereocenters. The standard InChI is InChI=1S/C3H10O5P2S2/c1-7-10(6,11)3-9(4,5)12-8-2/h3H2,1-2H3,(H,4,5)(H,6,11). The molecule has 0 aromatic heterocycles. The van der Waals surface area contributed by atoms with Gasteiger partial charge in [-0.25, -0.2) is 0 Å². The Hall–Kier alpha value is 1.07. The fourth-order valence-electron chi connectivity index (χ4n) is 0.424.